The van der Waals surface area contributed by atoms with Crippen LogP contribution in [-0.4, -0.2) is 26.1 Å². The zero-order valence-corrected chi connectivity index (χ0v) is 14.8. The first-order valence-corrected chi connectivity index (χ1v) is 9.03. The summed E-state index contributed by atoms with van der Waals surface area (Å²) in [6.45, 7) is 7.92. The Hall–Kier alpha value is -1.16. The Morgan fingerprint density at radius 2 is 1.77 bits per heavy atom. The van der Waals surface area contributed by atoms with Gasteiger partial charge in [0.2, 0.25) is 0 Å². The molecular weight excluding hydrogens is 303 g/mol. The smallest absolute Gasteiger partial charge is 0.365 e. The lowest BCUT2D eigenvalue weighted by Gasteiger charge is -2.20. The van der Waals surface area contributed by atoms with Gasteiger partial charge in [0.15, 0.2) is 5.78 Å². The van der Waals surface area contributed by atoms with Crippen LogP contribution in [0.3, 0.4) is 0 Å². The molecule has 1 aromatic rings. The van der Waals surface area contributed by atoms with Gasteiger partial charge >= 0.3 is 7.60 Å². The van der Waals surface area contributed by atoms with Gasteiger partial charge in [0.05, 0.1) is 20.3 Å². The van der Waals surface area contributed by atoms with E-state index in [1.165, 1.54) is 7.11 Å². The van der Waals surface area contributed by atoms with E-state index in [0.717, 1.165) is 0 Å². The van der Waals surface area contributed by atoms with Gasteiger partial charge in [0, 0.05) is 12.0 Å². The number of ether oxygens (including phenoxy) is 1. The molecule has 6 heteroatoms. The number of Topliss-reactive ketones (excluding diaryl/α,β-unsaturated/α-hetero) is 1. The molecule has 5 nitrogen and oxygen atoms in total. The maximum Gasteiger partial charge on any atom is 0.365 e. The Bertz CT molecular complexity index is 543. The fourth-order valence-corrected chi connectivity index (χ4v) is 3.85. The SMILES string of the molecule is CCOP(=O)(OCC)c1cc(C(=O)CC(C)C)ccc1OC. The molecule has 0 aliphatic heterocycles. The molecule has 0 unspecified atom stereocenters. The summed E-state index contributed by atoms with van der Waals surface area (Å²) < 4.78 is 28.9. The van der Waals surface area contributed by atoms with E-state index in [-0.39, 0.29) is 24.9 Å². The van der Waals surface area contributed by atoms with Crippen molar-refractivity contribution in [2.45, 2.75) is 34.1 Å². The van der Waals surface area contributed by atoms with Crippen molar-refractivity contribution >= 4 is 18.7 Å². The largest absolute Gasteiger partial charge is 0.496 e. The van der Waals surface area contributed by atoms with Crippen molar-refractivity contribution in [3.8, 4) is 5.75 Å². The lowest BCUT2D eigenvalue weighted by Crippen LogP contribution is -2.16. The van der Waals surface area contributed by atoms with Gasteiger partial charge in [-0.25, -0.2) is 0 Å². The van der Waals surface area contributed by atoms with Crippen molar-refractivity contribution in [3.63, 3.8) is 0 Å². The second kappa shape index (κ2) is 8.47. The summed E-state index contributed by atoms with van der Waals surface area (Å²) in [7, 11) is -2.02. The highest BCUT2D eigenvalue weighted by Crippen LogP contribution is 2.49. The van der Waals surface area contributed by atoms with Crippen LogP contribution in [0.2, 0.25) is 0 Å². The molecule has 0 aromatic heterocycles. The van der Waals surface area contributed by atoms with Crippen molar-refractivity contribution in [1.82, 2.24) is 0 Å². The van der Waals surface area contributed by atoms with Crippen molar-refractivity contribution in [3.05, 3.63) is 23.8 Å². The van der Waals surface area contributed by atoms with Crippen LogP contribution in [0.4, 0.5) is 0 Å². The summed E-state index contributed by atoms with van der Waals surface area (Å²) in [4.78, 5) is 12.2. The lowest BCUT2D eigenvalue weighted by molar-refractivity contribution is 0.0968. The molecule has 0 spiro atoms. The summed E-state index contributed by atoms with van der Waals surface area (Å²) in [5.41, 5.74) is 0.490. The van der Waals surface area contributed by atoms with E-state index >= 15 is 0 Å². The number of rotatable bonds is 9. The van der Waals surface area contributed by atoms with E-state index in [1.807, 2.05) is 13.8 Å². The minimum atomic E-state index is -3.50. The van der Waals surface area contributed by atoms with Crippen molar-refractivity contribution in [2.75, 3.05) is 20.3 Å². The molecule has 1 rings (SSSR count). The van der Waals surface area contributed by atoms with E-state index in [9.17, 15) is 9.36 Å². The third kappa shape index (κ3) is 4.67. The van der Waals surface area contributed by atoms with Crippen molar-refractivity contribution in [1.29, 1.82) is 0 Å². The van der Waals surface area contributed by atoms with Crippen LogP contribution in [0.15, 0.2) is 18.2 Å². The molecule has 124 valence electrons. The summed E-state index contributed by atoms with van der Waals surface area (Å²) in [5.74, 6) is 0.647. The quantitative estimate of drug-likeness (QED) is 0.509. The van der Waals surface area contributed by atoms with E-state index in [0.29, 0.717) is 23.0 Å². The summed E-state index contributed by atoms with van der Waals surface area (Å²) in [6, 6.07) is 4.87. The standard InChI is InChI=1S/C16H25O5P/c1-6-20-22(18,21-7-2)16-11-13(8-9-15(16)19-5)14(17)10-12(3)4/h8-9,11-12H,6-7,10H2,1-5H3. The average molecular weight is 328 g/mol. The van der Waals surface area contributed by atoms with E-state index in [1.54, 1.807) is 32.0 Å². The Morgan fingerprint density at radius 1 is 1.18 bits per heavy atom. The zero-order valence-electron chi connectivity index (χ0n) is 13.9. The number of carbonyl (C=O) groups excluding carboxylic acids is 1. The Morgan fingerprint density at radius 3 is 2.23 bits per heavy atom. The first-order chi connectivity index (χ1) is 10.4. The second-order valence-electron chi connectivity index (χ2n) is 5.24. The Labute approximate surface area is 132 Å². The molecule has 22 heavy (non-hydrogen) atoms. The highest BCUT2D eigenvalue weighted by molar-refractivity contribution is 7.62. The summed E-state index contributed by atoms with van der Waals surface area (Å²) >= 11 is 0. The van der Waals surface area contributed by atoms with Gasteiger partial charge in [0.1, 0.15) is 11.1 Å². The monoisotopic (exact) mass is 328 g/mol. The molecule has 0 N–H and O–H groups in total. The van der Waals surface area contributed by atoms with Gasteiger partial charge < -0.3 is 13.8 Å². The van der Waals surface area contributed by atoms with E-state index in [4.69, 9.17) is 13.8 Å². The molecule has 0 radical (unpaired) electrons. The number of benzene rings is 1. The van der Waals surface area contributed by atoms with Crippen LogP contribution in [0.1, 0.15) is 44.5 Å². The van der Waals surface area contributed by atoms with Crippen LogP contribution in [0, 0.1) is 5.92 Å². The molecule has 0 heterocycles. The topological polar surface area (TPSA) is 61.8 Å². The zero-order chi connectivity index (χ0) is 16.8. The van der Waals surface area contributed by atoms with E-state index < -0.39 is 7.60 Å². The van der Waals surface area contributed by atoms with Gasteiger partial charge in [-0.2, -0.15) is 0 Å². The fraction of sp³-hybridized carbons (Fsp3) is 0.562. The highest BCUT2D eigenvalue weighted by Gasteiger charge is 2.31. The Balaban J connectivity index is 3.31. The molecule has 0 aliphatic carbocycles. The summed E-state index contributed by atoms with van der Waals surface area (Å²) in [5, 5.41) is 0.299. The van der Waals surface area contributed by atoms with Crippen LogP contribution in [0.5, 0.6) is 5.75 Å². The minimum Gasteiger partial charge on any atom is -0.496 e. The van der Waals surface area contributed by atoms with Gasteiger partial charge in [-0.1, -0.05) is 13.8 Å². The average Bonchev–Trinajstić information content (AvgIpc) is 2.46. The molecule has 0 amide bonds. The first kappa shape index (κ1) is 18.9. The first-order valence-electron chi connectivity index (χ1n) is 7.48. The predicted molar refractivity (Wildman–Crippen MR) is 87.3 cm³/mol. The van der Waals surface area contributed by atoms with Gasteiger partial charge in [0.25, 0.3) is 0 Å². The second-order valence-corrected chi connectivity index (χ2v) is 7.23. The minimum absolute atomic E-state index is 0.00144. The molecule has 0 saturated heterocycles. The Kier molecular flexibility index (Phi) is 7.27. The number of ketones is 1. The third-order valence-electron chi connectivity index (χ3n) is 2.99. The molecular formula is C16H25O5P. The third-order valence-corrected chi connectivity index (χ3v) is 5.12. The predicted octanol–water partition coefficient (Wildman–Crippen LogP) is 3.82. The molecule has 0 aliphatic rings. The van der Waals surface area contributed by atoms with Crippen LogP contribution < -0.4 is 10.0 Å². The number of carbonyl (C=O) groups is 1. The fourth-order valence-electron chi connectivity index (χ4n) is 2.08. The normalized spacial score (nSPS) is 11.7. The molecule has 0 bridgehead atoms. The maximum atomic E-state index is 13.0. The molecule has 0 atom stereocenters. The molecule has 0 fully saturated rings. The molecule has 0 saturated carbocycles. The lowest BCUT2D eigenvalue weighted by atomic mass is 10.0. The van der Waals surface area contributed by atoms with Crippen LogP contribution in [-0.2, 0) is 13.6 Å². The van der Waals surface area contributed by atoms with Crippen molar-refractivity contribution < 1.29 is 23.1 Å². The van der Waals surface area contributed by atoms with Crippen molar-refractivity contribution in [2.24, 2.45) is 5.92 Å². The molecule has 1 aromatic carbocycles. The van der Waals surface area contributed by atoms with Crippen LogP contribution >= 0.6 is 7.60 Å². The number of methoxy groups -OCH3 is 1. The van der Waals surface area contributed by atoms with Gasteiger partial charge in [-0.3, -0.25) is 9.36 Å². The van der Waals surface area contributed by atoms with Gasteiger partial charge in [-0.15, -0.1) is 0 Å². The summed E-state index contributed by atoms with van der Waals surface area (Å²) in [6.07, 6.45) is 0.430. The number of hydrogen-bond donors (Lipinski definition) is 0. The maximum absolute atomic E-state index is 13.0. The van der Waals surface area contributed by atoms with Crippen LogP contribution in [0.25, 0.3) is 0 Å². The van der Waals surface area contributed by atoms with Gasteiger partial charge in [-0.05, 0) is 38.0 Å². The highest BCUT2D eigenvalue weighted by atomic mass is 31.2. The van der Waals surface area contributed by atoms with E-state index in [2.05, 4.69) is 0 Å². The number of hydrogen-bond acceptors (Lipinski definition) is 5.